The van der Waals surface area contributed by atoms with Crippen molar-refractivity contribution < 1.29 is 28.6 Å². The van der Waals surface area contributed by atoms with Gasteiger partial charge in [-0.3, -0.25) is 14.9 Å². The molecule has 4 aromatic rings. The van der Waals surface area contributed by atoms with Crippen molar-refractivity contribution in [2.45, 2.75) is 64.2 Å². The molecule has 0 unspecified atom stereocenters. The summed E-state index contributed by atoms with van der Waals surface area (Å²) in [5.41, 5.74) is 1.76. The van der Waals surface area contributed by atoms with Crippen LogP contribution in [0.1, 0.15) is 57.9 Å². The van der Waals surface area contributed by atoms with E-state index in [0.717, 1.165) is 50.5 Å². The number of hydrogen-bond acceptors (Lipinski definition) is 9. The summed E-state index contributed by atoms with van der Waals surface area (Å²) in [6, 6.07) is 16.7. The number of carbonyl (C=O) groups is 3. The molecule has 6 rings (SSSR count). The molecule has 2 aliphatic rings. The third kappa shape index (κ3) is 7.43. The molecule has 2 atom stereocenters. The summed E-state index contributed by atoms with van der Waals surface area (Å²) in [7, 11) is 0. The maximum Gasteiger partial charge on any atom is 0.415 e. The van der Waals surface area contributed by atoms with Crippen LogP contribution in [0.2, 0.25) is 0 Å². The molecule has 2 amide bonds. The molecule has 1 saturated carbocycles. The fourth-order valence-electron chi connectivity index (χ4n) is 6.21. The highest BCUT2D eigenvalue weighted by atomic mass is 16.7. The van der Waals surface area contributed by atoms with E-state index in [1.54, 1.807) is 9.58 Å². The second kappa shape index (κ2) is 14.4. The summed E-state index contributed by atoms with van der Waals surface area (Å²) >= 11 is 0. The van der Waals surface area contributed by atoms with Crippen LogP contribution in [-0.4, -0.2) is 62.0 Å². The van der Waals surface area contributed by atoms with Gasteiger partial charge in [-0.25, -0.2) is 19.4 Å². The Balaban J connectivity index is 1.28. The number of fused-ring (bicyclic) bond motifs is 1. The molecular weight excluding hydrogens is 600 g/mol. The van der Waals surface area contributed by atoms with Crippen molar-refractivity contribution >= 4 is 34.8 Å². The Labute approximate surface area is 272 Å². The number of esters is 1. The Hall–Kier alpha value is -5.26. The van der Waals surface area contributed by atoms with Gasteiger partial charge in [-0.2, -0.15) is 5.10 Å². The van der Waals surface area contributed by atoms with Crippen molar-refractivity contribution in [2.24, 2.45) is 5.92 Å². The normalized spacial score (nSPS) is 17.5. The fourth-order valence-corrected chi connectivity index (χ4v) is 6.21. The van der Waals surface area contributed by atoms with Crippen LogP contribution in [0.3, 0.4) is 0 Å². The van der Waals surface area contributed by atoms with Gasteiger partial charge < -0.3 is 19.1 Å². The SMILES string of the molecule is C=CC(=O)N1CCC[C@@H](n2nc(-c3ccc(Oc4ccccc4)cc3)c3c(NC(=O)O[C@H](C)OC(=O)C4CCCCC4)ncnc32)C1. The third-order valence-corrected chi connectivity index (χ3v) is 8.54. The van der Waals surface area contributed by atoms with Gasteiger partial charge in [0.15, 0.2) is 11.5 Å². The van der Waals surface area contributed by atoms with Crippen LogP contribution >= 0.6 is 0 Å². The minimum Gasteiger partial charge on any atom is -0.457 e. The van der Waals surface area contributed by atoms with Gasteiger partial charge in [0, 0.05) is 25.6 Å². The van der Waals surface area contributed by atoms with Crippen LogP contribution in [0, 0.1) is 5.92 Å². The largest absolute Gasteiger partial charge is 0.457 e. The van der Waals surface area contributed by atoms with Crippen molar-refractivity contribution in [1.29, 1.82) is 0 Å². The highest BCUT2D eigenvalue weighted by Crippen LogP contribution is 2.36. The lowest BCUT2D eigenvalue weighted by Gasteiger charge is -2.32. The number of hydrogen-bond donors (Lipinski definition) is 1. The molecule has 47 heavy (non-hydrogen) atoms. The molecule has 1 N–H and O–H groups in total. The van der Waals surface area contributed by atoms with E-state index in [9.17, 15) is 14.4 Å². The number of benzene rings is 2. The van der Waals surface area contributed by atoms with Gasteiger partial charge in [-0.05, 0) is 68.2 Å². The summed E-state index contributed by atoms with van der Waals surface area (Å²) in [6.07, 6.45) is 6.95. The molecule has 2 aromatic heterocycles. The van der Waals surface area contributed by atoms with Crippen LogP contribution in [0.5, 0.6) is 11.5 Å². The minimum atomic E-state index is -1.09. The average molecular weight is 639 g/mol. The summed E-state index contributed by atoms with van der Waals surface area (Å²) in [4.78, 5) is 48.8. The number of likely N-dealkylation sites (tertiary alicyclic amines) is 1. The van der Waals surface area contributed by atoms with Crippen LogP contribution < -0.4 is 10.1 Å². The van der Waals surface area contributed by atoms with Gasteiger partial charge >= 0.3 is 12.1 Å². The molecular formula is C35H38N6O6. The topological polar surface area (TPSA) is 138 Å². The van der Waals surface area contributed by atoms with Gasteiger partial charge in [0.25, 0.3) is 0 Å². The van der Waals surface area contributed by atoms with E-state index in [4.69, 9.17) is 19.3 Å². The molecule has 0 spiro atoms. The Morgan fingerprint density at radius 3 is 2.43 bits per heavy atom. The van der Waals surface area contributed by atoms with E-state index in [-0.39, 0.29) is 29.7 Å². The molecule has 12 heteroatoms. The number of nitrogens with one attached hydrogen (secondary N) is 1. The van der Waals surface area contributed by atoms with Gasteiger partial charge in [0.1, 0.15) is 23.5 Å². The van der Waals surface area contributed by atoms with Crippen molar-refractivity contribution in [3.05, 3.63) is 73.6 Å². The Kier molecular flexibility index (Phi) is 9.75. The summed E-state index contributed by atoms with van der Waals surface area (Å²) in [5.74, 6) is 0.876. The molecule has 1 aliphatic heterocycles. The predicted molar refractivity (Wildman–Crippen MR) is 175 cm³/mol. The van der Waals surface area contributed by atoms with Gasteiger partial charge in [-0.15, -0.1) is 0 Å². The molecule has 2 fully saturated rings. The van der Waals surface area contributed by atoms with Crippen molar-refractivity contribution in [3.63, 3.8) is 0 Å². The summed E-state index contributed by atoms with van der Waals surface area (Å²) in [5, 5.41) is 8.20. The first-order chi connectivity index (χ1) is 22.9. The third-order valence-electron chi connectivity index (χ3n) is 8.54. The Morgan fingerprint density at radius 2 is 1.68 bits per heavy atom. The van der Waals surface area contributed by atoms with Crippen LogP contribution in [0.4, 0.5) is 10.6 Å². The molecule has 2 aromatic carbocycles. The van der Waals surface area contributed by atoms with Gasteiger partial charge in [0.05, 0.1) is 17.3 Å². The monoisotopic (exact) mass is 638 g/mol. The lowest BCUT2D eigenvalue weighted by atomic mass is 9.89. The number of amides is 2. The first kappa shape index (κ1) is 31.7. The number of anilines is 1. The van der Waals surface area contributed by atoms with Gasteiger partial charge in [0.2, 0.25) is 12.2 Å². The minimum absolute atomic E-state index is 0.140. The maximum atomic E-state index is 13.1. The highest BCUT2D eigenvalue weighted by molar-refractivity contribution is 6.03. The van der Waals surface area contributed by atoms with E-state index < -0.39 is 12.4 Å². The van der Waals surface area contributed by atoms with Crippen LogP contribution in [0.25, 0.3) is 22.3 Å². The second-order valence-electron chi connectivity index (χ2n) is 11.8. The van der Waals surface area contributed by atoms with Gasteiger partial charge in [-0.1, -0.05) is 44.0 Å². The number of para-hydroxylation sites is 1. The Bertz CT molecular complexity index is 1730. The fraction of sp³-hybridized carbons (Fsp3) is 0.371. The van der Waals surface area contributed by atoms with E-state index in [0.29, 0.717) is 41.3 Å². The molecule has 0 radical (unpaired) electrons. The number of rotatable bonds is 9. The first-order valence-corrected chi connectivity index (χ1v) is 16.1. The van der Waals surface area contributed by atoms with Crippen molar-refractivity contribution in [2.75, 3.05) is 18.4 Å². The lowest BCUT2D eigenvalue weighted by molar-refractivity contribution is -0.170. The predicted octanol–water partition coefficient (Wildman–Crippen LogP) is 6.65. The Morgan fingerprint density at radius 1 is 0.936 bits per heavy atom. The number of nitrogens with zero attached hydrogens (tertiary/aromatic N) is 5. The van der Waals surface area contributed by atoms with E-state index in [1.807, 2.05) is 54.6 Å². The molecule has 12 nitrogen and oxygen atoms in total. The summed E-state index contributed by atoms with van der Waals surface area (Å²) in [6.45, 7) is 6.21. The van der Waals surface area contributed by atoms with Crippen molar-refractivity contribution in [1.82, 2.24) is 24.6 Å². The lowest BCUT2D eigenvalue weighted by Crippen LogP contribution is -2.40. The van der Waals surface area contributed by atoms with E-state index in [1.165, 1.54) is 19.3 Å². The molecule has 244 valence electrons. The smallest absolute Gasteiger partial charge is 0.415 e. The molecule has 1 saturated heterocycles. The average Bonchev–Trinajstić information content (AvgIpc) is 3.50. The van der Waals surface area contributed by atoms with E-state index in [2.05, 4.69) is 21.9 Å². The number of carbonyl (C=O) groups excluding carboxylic acids is 3. The number of ether oxygens (including phenoxy) is 3. The standard InChI is InChI=1S/C35H38N6O6/c1-3-29(42)40-20-10-13-26(21-40)41-33-30(31(39-41)24-16-18-28(19-17-24)47-27-14-8-5-9-15-27)32(36-22-37-33)38-35(44)46-23(2)45-34(43)25-11-6-4-7-12-25/h3,5,8-9,14-19,22-23,25-26H,1,4,6-7,10-13,20-21H2,2H3,(H,36,37,38,44)/t23-,26-/m1/s1. The quantitative estimate of drug-likeness (QED) is 0.121. The highest BCUT2D eigenvalue weighted by Gasteiger charge is 2.29. The zero-order chi connectivity index (χ0) is 32.8. The second-order valence-corrected chi connectivity index (χ2v) is 11.8. The molecule has 0 bridgehead atoms. The molecule has 3 heterocycles. The zero-order valence-electron chi connectivity index (χ0n) is 26.3. The zero-order valence-corrected chi connectivity index (χ0v) is 26.3. The molecule has 1 aliphatic carbocycles. The summed E-state index contributed by atoms with van der Waals surface area (Å²) < 4.78 is 18.6. The number of piperidine rings is 1. The maximum absolute atomic E-state index is 13.1. The van der Waals surface area contributed by atoms with Crippen LogP contribution in [-0.2, 0) is 19.1 Å². The number of aromatic nitrogens is 4. The first-order valence-electron chi connectivity index (χ1n) is 16.1. The van der Waals surface area contributed by atoms with Crippen LogP contribution in [0.15, 0.2) is 73.6 Å². The van der Waals surface area contributed by atoms with E-state index >= 15 is 0 Å². The van der Waals surface area contributed by atoms with Crippen molar-refractivity contribution in [3.8, 4) is 22.8 Å².